The Morgan fingerprint density at radius 1 is 1.08 bits per heavy atom. The zero-order chi connectivity index (χ0) is 17.7. The van der Waals surface area contributed by atoms with E-state index in [2.05, 4.69) is 15.9 Å². The van der Waals surface area contributed by atoms with Crippen molar-refractivity contribution in [2.45, 2.75) is 23.3 Å². The Labute approximate surface area is 154 Å². The molecule has 0 amide bonds. The highest BCUT2D eigenvalue weighted by molar-refractivity contribution is 9.10. The Morgan fingerprint density at radius 2 is 1.80 bits per heavy atom. The van der Waals surface area contributed by atoms with Crippen molar-refractivity contribution >= 4 is 31.9 Å². The second-order valence-corrected chi connectivity index (χ2v) is 9.18. The summed E-state index contributed by atoms with van der Waals surface area (Å²) in [5, 5.41) is 0. The third-order valence-corrected chi connectivity index (χ3v) is 7.19. The molecule has 0 radical (unpaired) electrons. The molecular formula is C18H16BrNO4S. The molecular weight excluding hydrogens is 406 g/mol. The third-order valence-electron chi connectivity index (χ3n) is 4.80. The van der Waals surface area contributed by atoms with Gasteiger partial charge < -0.3 is 4.74 Å². The van der Waals surface area contributed by atoms with Crippen molar-refractivity contribution in [2.75, 3.05) is 13.1 Å². The van der Waals surface area contributed by atoms with Crippen molar-refractivity contribution in [1.29, 1.82) is 0 Å². The Morgan fingerprint density at radius 3 is 2.56 bits per heavy atom. The minimum Gasteiger partial charge on any atom is -0.449 e. The molecule has 0 aliphatic carbocycles. The largest absolute Gasteiger partial charge is 0.449 e. The molecule has 2 heterocycles. The van der Waals surface area contributed by atoms with Crippen LogP contribution in [0.1, 0.15) is 28.8 Å². The lowest BCUT2D eigenvalue weighted by atomic mass is 9.86. The smallest absolute Gasteiger partial charge is 0.339 e. The number of rotatable bonds is 2. The van der Waals surface area contributed by atoms with Crippen LogP contribution in [-0.4, -0.2) is 31.8 Å². The summed E-state index contributed by atoms with van der Waals surface area (Å²) in [4.78, 5) is 12.4. The maximum absolute atomic E-state index is 13.0. The fraction of sp³-hybridized carbons (Fsp3) is 0.278. The summed E-state index contributed by atoms with van der Waals surface area (Å²) < 4.78 is 33.9. The van der Waals surface area contributed by atoms with E-state index in [4.69, 9.17) is 4.74 Å². The number of halogens is 1. The predicted octanol–water partition coefficient (Wildman–Crippen LogP) is 3.30. The molecule has 0 N–H and O–H groups in total. The van der Waals surface area contributed by atoms with Crippen molar-refractivity contribution in [3.63, 3.8) is 0 Å². The summed E-state index contributed by atoms with van der Waals surface area (Å²) in [5.41, 5.74) is 0.440. The predicted molar refractivity (Wildman–Crippen MR) is 95.7 cm³/mol. The maximum atomic E-state index is 13.0. The summed E-state index contributed by atoms with van der Waals surface area (Å²) in [6.45, 7) is 0.564. The van der Waals surface area contributed by atoms with Gasteiger partial charge in [0.1, 0.15) is 0 Å². The van der Waals surface area contributed by atoms with Gasteiger partial charge in [-0.25, -0.2) is 13.2 Å². The summed E-state index contributed by atoms with van der Waals surface area (Å²) >= 11 is 3.32. The molecule has 1 saturated heterocycles. The molecule has 2 aliphatic heterocycles. The molecule has 0 saturated carbocycles. The zero-order valence-electron chi connectivity index (χ0n) is 13.3. The number of esters is 1. The van der Waals surface area contributed by atoms with Crippen molar-refractivity contribution < 1.29 is 17.9 Å². The van der Waals surface area contributed by atoms with Crippen LogP contribution < -0.4 is 0 Å². The van der Waals surface area contributed by atoms with E-state index < -0.39 is 15.6 Å². The Hall–Kier alpha value is -1.70. The van der Waals surface area contributed by atoms with Gasteiger partial charge in [0.25, 0.3) is 0 Å². The summed E-state index contributed by atoms with van der Waals surface area (Å²) in [7, 11) is -3.64. The Kier molecular flexibility index (Phi) is 3.97. The van der Waals surface area contributed by atoms with E-state index in [9.17, 15) is 13.2 Å². The first-order chi connectivity index (χ1) is 11.9. The maximum Gasteiger partial charge on any atom is 0.339 e. The molecule has 2 aromatic carbocycles. The molecule has 25 heavy (non-hydrogen) atoms. The van der Waals surface area contributed by atoms with Gasteiger partial charge in [-0.1, -0.05) is 34.1 Å². The van der Waals surface area contributed by atoms with E-state index in [1.807, 2.05) is 12.1 Å². The molecule has 5 nitrogen and oxygen atoms in total. The number of sulfonamides is 1. The van der Waals surface area contributed by atoms with E-state index in [0.717, 1.165) is 10.0 Å². The van der Waals surface area contributed by atoms with Gasteiger partial charge in [-0.2, -0.15) is 4.31 Å². The first-order valence-corrected chi connectivity index (χ1v) is 10.2. The fourth-order valence-corrected chi connectivity index (χ4v) is 5.38. The monoisotopic (exact) mass is 421 g/mol. The van der Waals surface area contributed by atoms with Crippen molar-refractivity contribution in [3.8, 4) is 0 Å². The van der Waals surface area contributed by atoms with E-state index >= 15 is 0 Å². The molecule has 2 aliphatic rings. The highest BCUT2D eigenvalue weighted by Gasteiger charge is 2.50. The van der Waals surface area contributed by atoms with Crippen LogP contribution in [0.5, 0.6) is 0 Å². The van der Waals surface area contributed by atoms with Crippen LogP contribution in [0.15, 0.2) is 57.9 Å². The SMILES string of the molecule is O=C1OC2(CCCN(S(=O)(=O)c3ccc(Br)cc3)C2)c2ccccc21. The molecule has 4 rings (SSSR count). The van der Waals surface area contributed by atoms with E-state index in [1.54, 1.807) is 36.4 Å². The van der Waals surface area contributed by atoms with Crippen LogP contribution in [-0.2, 0) is 20.4 Å². The van der Waals surface area contributed by atoms with E-state index in [-0.39, 0.29) is 17.4 Å². The molecule has 1 unspecified atom stereocenters. The van der Waals surface area contributed by atoms with Crippen LogP contribution >= 0.6 is 15.9 Å². The Bertz CT molecular complexity index is 942. The number of carbonyl (C=O) groups excluding carboxylic acids is 1. The highest BCUT2D eigenvalue weighted by Crippen LogP contribution is 2.43. The minimum absolute atomic E-state index is 0.147. The summed E-state index contributed by atoms with van der Waals surface area (Å²) in [5.74, 6) is -0.376. The van der Waals surface area contributed by atoms with Crippen LogP contribution in [0, 0.1) is 0 Å². The molecule has 0 aromatic heterocycles. The lowest BCUT2D eigenvalue weighted by Gasteiger charge is -2.38. The van der Waals surface area contributed by atoms with Crippen LogP contribution in [0.3, 0.4) is 0 Å². The number of fused-ring (bicyclic) bond motifs is 2. The topological polar surface area (TPSA) is 63.7 Å². The van der Waals surface area contributed by atoms with Gasteiger partial charge in [0.2, 0.25) is 10.0 Å². The number of benzene rings is 2. The highest BCUT2D eigenvalue weighted by atomic mass is 79.9. The van der Waals surface area contributed by atoms with Gasteiger partial charge in [0.05, 0.1) is 17.0 Å². The van der Waals surface area contributed by atoms with Crippen LogP contribution in [0.2, 0.25) is 0 Å². The van der Waals surface area contributed by atoms with E-state index in [1.165, 1.54) is 4.31 Å². The number of carbonyl (C=O) groups is 1. The normalized spacial score (nSPS) is 23.5. The van der Waals surface area contributed by atoms with Gasteiger partial charge in [-0.3, -0.25) is 0 Å². The summed E-state index contributed by atoms with van der Waals surface area (Å²) in [6, 6.07) is 13.8. The molecule has 7 heteroatoms. The average molecular weight is 422 g/mol. The number of nitrogens with zero attached hydrogens (tertiary/aromatic N) is 1. The molecule has 1 spiro atoms. The molecule has 2 aromatic rings. The first-order valence-electron chi connectivity index (χ1n) is 8.01. The first kappa shape index (κ1) is 16.8. The van der Waals surface area contributed by atoms with E-state index in [0.29, 0.717) is 24.9 Å². The van der Waals surface area contributed by atoms with Gasteiger partial charge in [-0.05, 0) is 43.2 Å². The van der Waals surface area contributed by atoms with Gasteiger partial charge in [0.15, 0.2) is 5.60 Å². The molecule has 1 fully saturated rings. The lowest BCUT2D eigenvalue weighted by molar-refractivity contribution is -0.0345. The second kappa shape index (κ2) is 5.93. The quantitative estimate of drug-likeness (QED) is 0.697. The van der Waals surface area contributed by atoms with Crippen molar-refractivity contribution in [1.82, 2.24) is 4.31 Å². The molecule has 1 atom stereocenters. The molecule has 130 valence electrons. The van der Waals surface area contributed by atoms with Crippen LogP contribution in [0.25, 0.3) is 0 Å². The zero-order valence-corrected chi connectivity index (χ0v) is 15.7. The number of hydrogen-bond acceptors (Lipinski definition) is 4. The minimum atomic E-state index is -3.64. The second-order valence-electron chi connectivity index (χ2n) is 6.33. The Balaban J connectivity index is 1.71. The lowest BCUT2D eigenvalue weighted by Crippen LogP contribution is -2.48. The van der Waals surface area contributed by atoms with Gasteiger partial charge in [0, 0.05) is 16.6 Å². The van der Waals surface area contributed by atoms with Gasteiger partial charge >= 0.3 is 5.97 Å². The summed E-state index contributed by atoms with van der Waals surface area (Å²) in [6.07, 6.45) is 1.26. The standard InChI is InChI=1S/C18H16BrNO4S/c19-13-6-8-14(9-7-13)25(22,23)20-11-3-10-18(12-20)16-5-2-1-4-15(16)17(21)24-18/h1-2,4-9H,3,10-12H2. The number of hydrogen-bond donors (Lipinski definition) is 0. The van der Waals surface area contributed by atoms with Crippen molar-refractivity contribution in [3.05, 3.63) is 64.1 Å². The fourth-order valence-electron chi connectivity index (χ4n) is 3.59. The number of piperidine rings is 1. The van der Waals surface area contributed by atoms with Crippen LogP contribution in [0.4, 0.5) is 0 Å². The van der Waals surface area contributed by atoms with Crippen molar-refractivity contribution in [2.24, 2.45) is 0 Å². The third kappa shape index (κ3) is 2.70. The average Bonchev–Trinajstić information content (AvgIpc) is 2.88. The van der Waals surface area contributed by atoms with Gasteiger partial charge in [-0.15, -0.1) is 0 Å². The number of ether oxygens (including phenoxy) is 1. The molecule has 0 bridgehead atoms.